The highest BCUT2D eigenvalue weighted by molar-refractivity contribution is 8.26. The summed E-state index contributed by atoms with van der Waals surface area (Å²) in [5, 5.41) is 9.77. The number of hydrogen-bond acceptors (Lipinski definition) is 6. The van der Waals surface area contributed by atoms with Crippen LogP contribution >= 0.6 is 24.0 Å². The van der Waals surface area contributed by atoms with Crippen molar-refractivity contribution in [2.24, 2.45) is 0 Å². The van der Waals surface area contributed by atoms with Crippen LogP contribution in [0.3, 0.4) is 0 Å². The number of rotatable bonds is 9. The SMILES string of the molecule is CCCCOc1ccc(/C=C2/SC(=S)N([C@H](C(=O)O)c3ccccc3)C2=O)cc1OC. The van der Waals surface area contributed by atoms with Gasteiger partial charge in [-0.3, -0.25) is 9.69 Å². The van der Waals surface area contributed by atoms with E-state index in [0.717, 1.165) is 35.1 Å². The Labute approximate surface area is 190 Å². The maximum Gasteiger partial charge on any atom is 0.331 e. The van der Waals surface area contributed by atoms with Crippen molar-refractivity contribution in [3.8, 4) is 11.5 Å². The standard InChI is InChI=1S/C23H23NO5S2/c1-3-4-12-29-17-11-10-15(13-18(17)28-2)14-19-21(25)24(23(30)31-19)20(22(26)27)16-8-6-5-7-9-16/h5-11,13-14,20H,3-4,12H2,1-2H3,(H,26,27)/b19-14+/t20-/m0/s1. The summed E-state index contributed by atoms with van der Waals surface area (Å²) in [6.07, 6.45) is 3.66. The van der Waals surface area contributed by atoms with Crippen LogP contribution in [-0.4, -0.2) is 39.9 Å². The summed E-state index contributed by atoms with van der Waals surface area (Å²) < 4.78 is 11.4. The second kappa shape index (κ2) is 10.5. The Morgan fingerprint density at radius 1 is 1.23 bits per heavy atom. The average Bonchev–Trinajstić information content (AvgIpc) is 3.03. The lowest BCUT2D eigenvalue weighted by Crippen LogP contribution is -2.37. The number of unbranched alkanes of at least 4 members (excludes halogenated alkanes) is 1. The second-order valence-corrected chi connectivity index (χ2v) is 8.49. The number of methoxy groups -OCH3 is 1. The molecule has 2 aromatic rings. The molecule has 162 valence electrons. The number of thiocarbonyl (C=S) groups is 1. The number of benzene rings is 2. The fourth-order valence-electron chi connectivity index (χ4n) is 3.11. The molecule has 3 rings (SSSR count). The van der Waals surface area contributed by atoms with Crippen LogP contribution in [0, 0.1) is 0 Å². The molecule has 1 amide bonds. The summed E-state index contributed by atoms with van der Waals surface area (Å²) in [5.74, 6) is -0.379. The average molecular weight is 458 g/mol. The van der Waals surface area contributed by atoms with E-state index < -0.39 is 17.9 Å². The van der Waals surface area contributed by atoms with Crippen molar-refractivity contribution in [3.63, 3.8) is 0 Å². The third kappa shape index (κ3) is 5.26. The Kier molecular flexibility index (Phi) is 7.70. The van der Waals surface area contributed by atoms with E-state index in [1.54, 1.807) is 55.7 Å². The lowest BCUT2D eigenvalue weighted by Gasteiger charge is -2.23. The van der Waals surface area contributed by atoms with Crippen LogP contribution in [0.25, 0.3) is 6.08 Å². The minimum Gasteiger partial charge on any atom is -0.493 e. The minimum atomic E-state index is -1.18. The Bertz CT molecular complexity index is 1010. The number of hydrogen-bond donors (Lipinski definition) is 1. The van der Waals surface area contributed by atoms with Crippen molar-refractivity contribution < 1.29 is 24.2 Å². The van der Waals surface area contributed by atoms with Crippen LogP contribution in [0.15, 0.2) is 53.4 Å². The highest BCUT2D eigenvalue weighted by Gasteiger charge is 2.41. The lowest BCUT2D eigenvalue weighted by molar-refractivity contribution is -0.145. The van der Waals surface area contributed by atoms with Gasteiger partial charge in [0.15, 0.2) is 17.5 Å². The molecule has 0 aliphatic carbocycles. The van der Waals surface area contributed by atoms with Gasteiger partial charge >= 0.3 is 5.97 Å². The number of amides is 1. The Hall–Kier alpha value is -2.84. The molecule has 1 aliphatic rings. The molecule has 0 bridgehead atoms. The number of carbonyl (C=O) groups excluding carboxylic acids is 1. The molecule has 2 aromatic carbocycles. The summed E-state index contributed by atoms with van der Waals surface area (Å²) in [6.45, 7) is 2.69. The summed E-state index contributed by atoms with van der Waals surface area (Å²) >= 11 is 6.44. The summed E-state index contributed by atoms with van der Waals surface area (Å²) in [4.78, 5) is 26.5. The first-order valence-electron chi connectivity index (χ1n) is 9.82. The van der Waals surface area contributed by atoms with Gasteiger partial charge in [-0.2, -0.15) is 0 Å². The van der Waals surface area contributed by atoms with Crippen LogP contribution in [0.4, 0.5) is 0 Å². The Morgan fingerprint density at radius 3 is 2.61 bits per heavy atom. The molecule has 1 fully saturated rings. The van der Waals surface area contributed by atoms with Crippen LogP contribution in [0.5, 0.6) is 11.5 Å². The first-order chi connectivity index (χ1) is 15.0. The smallest absolute Gasteiger partial charge is 0.331 e. The van der Waals surface area contributed by atoms with Gasteiger partial charge in [-0.15, -0.1) is 0 Å². The topological polar surface area (TPSA) is 76.1 Å². The molecule has 0 aromatic heterocycles. The third-order valence-electron chi connectivity index (χ3n) is 4.67. The predicted molar refractivity (Wildman–Crippen MR) is 125 cm³/mol. The van der Waals surface area contributed by atoms with Gasteiger partial charge in [-0.1, -0.05) is 73.7 Å². The number of aliphatic carboxylic acids is 1. The van der Waals surface area contributed by atoms with Crippen molar-refractivity contribution in [1.29, 1.82) is 0 Å². The maximum absolute atomic E-state index is 13.1. The molecule has 0 radical (unpaired) electrons. The van der Waals surface area contributed by atoms with Crippen molar-refractivity contribution in [2.75, 3.05) is 13.7 Å². The van der Waals surface area contributed by atoms with Gasteiger partial charge in [-0.05, 0) is 35.8 Å². The molecule has 1 heterocycles. The van der Waals surface area contributed by atoms with Gasteiger partial charge in [0.1, 0.15) is 4.32 Å². The van der Waals surface area contributed by atoms with Gasteiger partial charge in [0.25, 0.3) is 5.91 Å². The van der Waals surface area contributed by atoms with Gasteiger partial charge in [0.2, 0.25) is 0 Å². The quantitative estimate of drug-likeness (QED) is 0.326. The van der Waals surface area contributed by atoms with Crippen molar-refractivity contribution in [3.05, 3.63) is 64.6 Å². The summed E-state index contributed by atoms with van der Waals surface area (Å²) in [7, 11) is 1.56. The molecule has 1 N–H and O–H groups in total. The molecular formula is C23H23NO5S2. The molecule has 1 saturated heterocycles. The van der Waals surface area contributed by atoms with E-state index in [4.69, 9.17) is 21.7 Å². The van der Waals surface area contributed by atoms with E-state index in [1.165, 1.54) is 0 Å². The molecule has 0 saturated carbocycles. The molecular weight excluding hydrogens is 434 g/mol. The second-order valence-electron chi connectivity index (χ2n) is 6.82. The van der Waals surface area contributed by atoms with Gasteiger partial charge in [-0.25, -0.2) is 4.79 Å². The predicted octanol–water partition coefficient (Wildman–Crippen LogP) is 4.90. The number of nitrogens with zero attached hydrogens (tertiary/aromatic N) is 1. The minimum absolute atomic E-state index is 0.207. The maximum atomic E-state index is 13.1. The highest BCUT2D eigenvalue weighted by Crippen LogP contribution is 2.39. The third-order valence-corrected chi connectivity index (χ3v) is 6.00. The van der Waals surface area contributed by atoms with Crippen LogP contribution in [0.1, 0.15) is 36.9 Å². The van der Waals surface area contributed by atoms with Crippen molar-refractivity contribution in [1.82, 2.24) is 4.90 Å². The zero-order valence-electron chi connectivity index (χ0n) is 17.2. The van der Waals surface area contributed by atoms with Crippen LogP contribution < -0.4 is 9.47 Å². The first-order valence-corrected chi connectivity index (χ1v) is 11.0. The molecule has 8 heteroatoms. The van der Waals surface area contributed by atoms with E-state index in [0.29, 0.717) is 28.6 Å². The van der Waals surface area contributed by atoms with Crippen molar-refractivity contribution >= 4 is 46.3 Å². The Morgan fingerprint density at radius 2 is 1.97 bits per heavy atom. The molecule has 6 nitrogen and oxygen atoms in total. The summed E-state index contributed by atoms with van der Waals surface area (Å²) in [6, 6.07) is 12.8. The monoisotopic (exact) mass is 457 g/mol. The molecule has 1 aliphatic heterocycles. The van der Waals surface area contributed by atoms with E-state index in [2.05, 4.69) is 6.92 Å². The number of carboxylic acids is 1. The fourth-order valence-corrected chi connectivity index (χ4v) is 4.42. The van der Waals surface area contributed by atoms with E-state index in [-0.39, 0.29) is 4.32 Å². The van der Waals surface area contributed by atoms with E-state index >= 15 is 0 Å². The van der Waals surface area contributed by atoms with E-state index in [1.807, 2.05) is 6.07 Å². The van der Waals surface area contributed by atoms with Gasteiger partial charge < -0.3 is 14.6 Å². The summed E-state index contributed by atoms with van der Waals surface area (Å²) in [5.41, 5.74) is 1.22. The zero-order valence-corrected chi connectivity index (χ0v) is 18.9. The van der Waals surface area contributed by atoms with Gasteiger partial charge in [0.05, 0.1) is 18.6 Å². The van der Waals surface area contributed by atoms with Crippen molar-refractivity contribution in [2.45, 2.75) is 25.8 Å². The first kappa shape index (κ1) is 22.8. The molecule has 0 unspecified atom stereocenters. The zero-order chi connectivity index (χ0) is 22.4. The fraction of sp³-hybridized carbons (Fsp3) is 0.261. The number of carboxylic acid groups (broad SMARTS) is 1. The highest BCUT2D eigenvalue weighted by atomic mass is 32.2. The van der Waals surface area contributed by atoms with Crippen LogP contribution in [-0.2, 0) is 9.59 Å². The number of thioether (sulfide) groups is 1. The lowest BCUT2D eigenvalue weighted by atomic mass is 10.1. The Balaban J connectivity index is 1.87. The van der Waals surface area contributed by atoms with Crippen LogP contribution in [0.2, 0.25) is 0 Å². The molecule has 31 heavy (non-hydrogen) atoms. The molecule has 1 atom stereocenters. The van der Waals surface area contributed by atoms with Gasteiger partial charge in [0, 0.05) is 0 Å². The van der Waals surface area contributed by atoms with E-state index in [9.17, 15) is 14.7 Å². The number of ether oxygens (including phenoxy) is 2. The normalized spacial score (nSPS) is 15.9. The number of carbonyl (C=O) groups is 2. The molecule has 0 spiro atoms. The largest absolute Gasteiger partial charge is 0.493 e.